The number of rotatable bonds is 9. The number of esters is 1. The topological polar surface area (TPSA) is 76.6 Å². The first-order chi connectivity index (χ1) is 14.1. The van der Waals surface area contributed by atoms with E-state index in [2.05, 4.69) is 29.3 Å². The van der Waals surface area contributed by atoms with E-state index in [9.17, 15) is 4.79 Å². The van der Waals surface area contributed by atoms with Gasteiger partial charge in [-0.05, 0) is 51.8 Å². The van der Waals surface area contributed by atoms with Crippen LogP contribution in [0.4, 0.5) is 5.82 Å². The SMILES string of the molecule is CCOC(=O)C1CCCCN1Cc1nc(NCCCOC)c2cc(C)ccc2n1. The van der Waals surface area contributed by atoms with E-state index in [-0.39, 0.29) is 12.0 Å². The zero-order valence-corrected chi connectivity index (χ0v) is 17.7. The number of ether oxygens (including phenoxy) is 2. The summed E-state index contributed by atoms with van der Waals surface area (Å²) in [5.74, 6) is 1.43. The highest BCUT2D eigenvalue weighted by Crippen LogP contribution is 2.24. The molecule has 0 spiro atoms. The predicted octanol–water partition coefficient (Wildman–Crippen LogP) is 3.30. The molecule has 7 nitrogen and oxygen atoms in total. The molecular formula is C22H32N4O3. The summed E-state index contributed by atoms with van der Waals surface area (Å²) in [6.45, 7) is 7.21. The van der Waals surface area contributed by atoms with E-state index in [4.69, 9.17) is 19.4 Å². The van der Waals surface area contributed by atoms with Gasteiger partial charge in [0.05, 0.1) is 18.7 Å². The van der Waals surface area contributed by atoms with Gasteiger partial charge in [0.25, 0.3) is 0 Å². The van der Waals surface area contributed by atoms with E-state index in [1.807, 2.05) is 13.0 Å². The molecular weight excluding hydrogens is 368 g/mol. The maximum Gasteiger partial charge on any atom is 0.323 e. The number of methoxy groups -OCH3 is 1. The number of hydrogen-bond donors (Lipinski definition) is 1. The van der Waals surface area contributed by atoms with Gasteiger partial charge in [-0.3, -0.25) is 9.69 Å². The van der Waals surface area contributed by atoms with Crippen molar-refractivity contribution >= 4 is 22.7 Å². The van der Waals surface area contributed by atoms with E-state index in [1.54, 1.807) is 7.11 Å². The number of aromatic nitrogens is 2. The average molecular weight is 401 g/mol. The van der Waals surface area contributed by atoms with Gasteiger partial charge in [0.15, 0.2) is 0 Å². The van der Waals surface area contributed by atoms with Crippen molar-refractivity contribution in [2.75, 3.05) is 38.7 Å². The molecule has 1 saturated heterocycles. The molecule has 1 aliphatic rings. The van der Waals surface area contributed by atoms with Crippen LogP contribution >= 0.6 is 0 Å². The number of nitrogens with one attached hydrogen (secondary N) is 1. The molecule has 2 heterocycles. The molecule has 29 heavy (non-hydrogen) atoms. The van der Waals surface area contributed by atoms with Crippen LogP contribution in [-0.2, 0) is 20.8 Å². The second-order valence-electron chi connectivity index (χ2n) is 7.52. The summed E-state index contributed by atoms with van der Waals surface area (Å²) in [5.41, 5.74) is 2.09. The molecule has 0 radical (unpaired) electrons. The molecule has 0 bridgehead atoms. The van der Waals surface area contributed by atoms with E-state index in [0.717, 1.165) is 61.3 Å². The quantitative estimate of drug-likeness (QED) is 0.511. The van der Waals surface area contributed by atoms with Gasteiger partial charge in [0.2, 0.25) is 0 Å². The summed E-state index contributed by atoms with van der Waals surface area (Å²) < 4.78 is 10.4. The van der Waals surface area contributed by atoms with Crippen molar-refractivity contribution in [1.82, 2.24) is 14.9 Å². The Morgan fingerprint density at radius 1 is 1.31 bits per heavy atom. The highest BCUT2D eigenvalue weighted by molar-refractivity contribution is 5.89. The lowest BCUT2D eigenvalue weighted by molar-refractivity contribution is -0.151. The van der Waals surface area contributed by atoms with Crippen LogP contribution < -0.4 is 5.32 Å². The molecule has 7 heteroatoms. The van der Waals surface area contributed by atoms with Crippen molar-refractivity contribution in [1.29, 1.82) is 0 Å². The lowest BCUT2D eigenvalue weighted by Gasteiger charge is -2.33. The van der Waals surface area contributed by atoms with Crippen molar-refractivity contribution in [3.63, 3.8) is 0 Å². The normalized spacial score (nSPS) is 17.4. The molecule has 1 aromatic heterocycles. The molecule has 1 atom stereocenters. The van der Waals surface area contributed by atoms with Gasteiger partial charge in [0, 0.05) is 25.6 Å². The van der Waals surface area contributed by atoms with Crippen LogP contribution in [0.25, 0.3) is 10.9 Å². The maximum absolute atomic E-state index is 12.4. The number of piperidine rings is 1. The average Bonchev–Trinajstić information content (AvgIpc) is 2.72. The lowest BCUT2D eigenvalue weighted by Crippen LogP contribution is -2.45. The number of likely N-dealkylation sites (tertiary alicyclic amines) is 1. The smallest absolute Gasteiger partial charge is 0.323 e. The molecule has 1 fully saturated rings. The number of anilines is 1. The van der Waals surface area contributed by atoms with Crippen molar-refractivity contribution in [3.8, 4) is 0 Å². The monoisotopic (exact) mass is 400 g/mol. The maximum atomic E-state index is 12.4. The Morgan fingerprint density at radius 3 is 2.97 bits per heavy atom. The molecule has 0 amide bonds. The number of carbonyl (C=O) groups excluding carboxylic acids is 1. The third-order valence-electron chi connectivity index (χ3n) is 5.23. The third-order valence-corrected chi connectivity index (χ3v) is 5.23. The van der Waals surface area contributed by atoms with Gasteiger partial charge < -0.3 is 14.8 Å². The summed E-state index contributed by atoms with van der Waals surface area (Å²) in [4.78, 5) is 24.2. The minimum Gasteiger partial charge on any atom is -0.465 e. The summed E-state index contributed by atoms with van der Waals surface area (Å²) >= 11 is 0. The van der Waals surface area contributed by atoms with Gasteiger partial charge in [-0.1, -0.05) is 18.1 Å². The van der Waals surface area contributed by atoms with Gasteiger partial charge in [0.1, 0.15) is 17.7 Å². The highest BCUT2D eigenvalue weighted by Gasteiger charge is 2.30. The van der Waals surface area contributed by atoms with Crippen LogP contribution in [0, 0.1) is 6.92 Å². The summed E-state index contributed by atoms with van der Waals surface area (Å²) in [6, 6.07) is 6.00. The Morgan fingerprint density at radius 2 is 2.17 bits per heavy atom. The van der Waals surface area contributed by atoms with E-state index in [1.165, 1.54) is 5.56 Å². The molecule has 0 aliphatic carbocycles. The second-order valence-corrected chi connectivity index (χ2v) is 7.52. The van der Waals surface area contributed by atoms with Gasteiger partial charge >= 0.3 is 5.97 Å². The zero-order chi connectivity index (χ0) is 20.6. The van der Waals surface area contributed by atoms with E-state index < -0.39 is 0 Å². The molecule has 158 valence electrons. The Balaban J connectivity index is 1.84. The van der Waals surface area contributed by atoms with Gasteiger partial charge in [-0.2, -0.15) is 0 Å². The first-order valence-electron chi connectivity index (χ1n) is 10.5. The fourth-order valence-corrected chi connectivity index (χ4v) is 3.79. The Kier molecular flexibility index (Phi) is 7.77. The Hall–Kier alpha value is -2.25. The highest BCUT2D eigenvalue weighted by atomic mass is 16.5. The molecule has 2 aromatic rings. The van der Waals surface area contributed by atoms with Crippen LogP contribution in [0.5, 0.6) is 0 Å². The van der Waals surface area contributed by atoms with Crippen molar-refractivity contribution in [2.45, 2.75) is 52.1 Å². The summed E-state index contributed by atoms with van der Waals surface area (Å²) in [7, 11) is 1.71. The number of fused-ring (bicyclic) bond motifs is 1. The van der Waals surface area contributed by atoms with Crippen molar-refractivity contribution in [2.24, 2.45) is 0 Å². The molecule has 1 aliphatic heterocycles. The number of nitrogens with zero attached hydrogens (tertiary/aromatic N) is 3. The van der Waals surface area contributed by atoms with Crippen molar-refractivity contribution < 1.29 is 14.3 Å². The number of carbonyl (C=O) groups is 1. The predicted molar refractivity (Wildman–Crippen MR) is 114 cm³/mol. The van der Waals surface area contributed by atoms with Crippen LogP contribution in [0.3, 0.4) is 0 Å². The van der Waals surface area contributed by atoms with E-state index >= 15 is 0 Å². The molecule has 1 aromatic carbocycles. The van der Waals surface area contributed by atoms with Crippen LogP contribution in [0.2, 0.25) is 0 Å². The van der Waals surface area contributed by atoms with E-state index in [0.29, 0.717) is 19.8 Å². The Bertz CT molecular complexity index is 827. The third kappa shape index (κ3) is 5.64. The Labute approximate surface area is 172 Å². The lowest BCUT2D eigenvalue weighted by atomic mass is 10.0. The zero-order valence-electron chi connectivity index (χ0n) is 17.7. The number of aryl methyl sites for hydroxylation is 1. The minimum absolute atomic E-state index is 0.137. The van der Waals surface area contributed by atoms with Gasteiger partial charge in [-0.15, -0.1) is 0 Å². The minimum atomic E-state index is -0.209. The number of hydrogen-bond acceptors (Lipinski definition) is 7. The van der Waals surface area contributed by atoms with Crippen LogP contribution in [0.1, 0.15) is 44.0 Å². The molecule has 0 saturated carbocycles. The van der Waals surface area contributed by atoms with Crippen LogP contribution in [0.15, 0.2) is 18.2 Å². The molecule has 1 N–H and O–H groups in total. The standard InChI is InChI=1S/C22H32N4O3/c1-4-29-22(27)19-8-5-6-12-26(19)15-20-24-18-10-9-16(2)14-17(18)21(25-20)23-11-7-13-28-3/h9-10,14,19H,4-8,11-13,15H2,1-3H3,(H,23,24,25). The van der Waals surface area contributed by atoms with Crippen molar-refractivity contribution in [3.05, 3.63) is 29.6 Å². The largest absolute Gasteiger partial charge is 0.465 e. The first kappa shape index (κ1) is 21.5. The molecule has 3 rings (SSSR count). The van der Waals surface area contributed by atoms with Crippen LogP contribution in [-0.4, -0.2) is 60.3 Å². The summed E-state index contributed by atoms with van der Waals surface area (Å²) in [6.07, 6.45) is 3.85. The second kappa shape index (κ2) is 10.5. The number of benzene rings is 1. The summed E-state index contributed by atoms with van der Waals surface area (Å²) in [5, 5.41) is 4.46. The fourth-order valence-electron chi connectivity index (χ4n) is 3.79. The van der Waals surface area contributed by atoms with Gasteiger partial charge in [-0.25, -0.2) is 9.97 Å². The molecule has 1 unspecified atom stereocenters. The first-order valence-corrected chi connectivity index (χ1v) is 10.5. The fraction of sp³-hybridized carbons (Fsp3) is 0.591.